The first-order chi connectivity index (χ1) is 9.33. The predicted octanol–water partition coefficient (Wildman–Crippen LogP) is 3.52. The van der Waals surface area contributed by atoms with E-state index < -0.39 is 0 Å². The number of pyridine rings is 1. The van der Waals surface area contributed by atoms with Gasteiger partial charge in [0.15, 0.2) is 0 Å². The van der Waals surface area contributed by atoms with Crippen molar-refractivity contribution in [2.75, 3.05) is 0 Å². The molecule has 94 valence electrons. The zero-order chi connectivity index (χ0) is 13.1. The van der Waals surface area contributed by atoms with Crippen LogP contribution in [0, 0.1) is 0 Å². The Labute approximate surface area is 111 Å². The summed E-state index contributed by atoms with van der Waals surface area (Å²) in [5.41, 5.74) is 2.04. The SMILES string of the molecule is Oc1cccc(OCc2ccnc3ccccc23)c1. The number of para-hydroxylation sites is 1. The lowest BCUT2D eigenvalue weighted by atomic mass is 10.1. The van der Waals surface area contributed by atoms with Gasteiger partial charge in [-0.1, -0.05) is 24.3 Å². The molecule has 0 bridgehead atoms. The number of benzene rings is 2. The van der Waals surface area contributed by atoms with Crippen LogP contribution in [0.1, 0.15) is 5.56 Å². The minimum absolute atomic E-state index is 0.206. The van der Waals surface area contributed by atoms with Crippen molar-refractivity contribution in [2.45, 2.75) is 6.61 Å². The van der Waals surface area contributed by atoms with Crippen molar-refractivity contribution >= 4 is 10.9 Å². The van der Waals surface area contributed by atoms with Crippen molar-refractivity contribution < 1.29 is 9.84 Å². The van der Waals surface area contributed by atoms with Crippen molar-refractivity contribution in [3.63, 3.8) is 0 Å². The number of nitrogens with zero attached hydrogens (tertiary/aromatic N) is 1. The number of phenolic OH excluding ortho intramolecular Hbond substituents is 1. The molecule has 19 heavy (non-hydrogen) atoms. The van der Waals surface area contributed by atoms with Crippen LogP contribution >= 0.6 is 0 Å². The van der Waals surface area contributed by atoms with E-state index in [0.29, 0.717) is 12.4 Å². The number of aromatic hydroxyl groups is 1. The lowest BCUT2D eigenvalue weighted by Gasteiger charge is -2.08. The zero-order valence-electron chi connectivity index (χ0n) is 10.3. The average molecular weight is 251 g/mol. The van der Waals surface area contributed by atoms with E-state index in [0.717, 1.165) is 16.5 Å². The molecule has 0 unspecified atom stereocenters. The van der Waals surface area contributed by atoms with Gasteiger partial charge in [0.05, 0.1) is 5.52 Å². The molecule has 1 heterocycles. The van der Waals surface area contributed by atoms with E-state index in [2.05, 4.69) is 4.98 Å². The highest BCUT2D eigenvalue weighted by atomic mass is 16.5. The molecular weight excluding hydrogens is 238 g/mol. The second kappa shape index (κ2) is 4.98. The minimum Gasteiger partial charge on any atom is -0.508 e. The first kappa shape index (κ1) is 11.5. The van der Waals surface area contributed by atoms with Gasteiger partial charge in [0.25, 0.3) is 0 Å². The van der Waals surface area contributed by atoms with Gasteiger partial charge in [-0.3, -0.25) is 4.98 Å². The quantitative estimate of drug-likeness (QED) is 0.774. The highest BCUT2D eigenvalue weighted by molar-refractivity contribution is 5.81. The highest BCUT2D eigenvalue weighted by Crippen LogP contribution is 2.21. The van der Waals surface area contributed by atoms with E-state index in [4.69, 9.17) is 4.74 Å². The smallest absolute Gasteiger partial charge is 0.123 e. The molecule has 0 radical (unpaired) electrons. The molecule has 3 heteroatoms. The van der Waals surface area contributed by atoms with Crippen LogP contribution in [0.15, 0.2) is 60.8 Å². The molecule has 0 saturated heterocycles. The maximum Gasteiger partial charge on any atom is 0.123 e. The van der Waals surface area contributed by atoms with E-state index in [1.807, 2.05) is 36.4 Å². The van der Waals surface area contributed by atoms with E-state index in [1.165, 1.54) is 0 Å². The molecule has 0 aliphatic heterocycles. The number of hydrogen-bond acceptors (Lipinski definition) is 3. The number of hydrogen-bond donors (Lipinski definition) is 1. The van der Waals surface area contributed by atoms with Crippen LogP contribution in [0.4, 0.5) is 0 Å². The van der Waals surface area contributed by atoms with Gasteiger partial charge >= 0.3 is 0 Å². The molecule has 3 rings (SSSR count). The first-order valence-corrected chi connectivity index (χ1v) is 6.07. The molecule has 0 saturated carbocycles. The first-order valence-electron chi connectivity index (χ1n) is 6.07. The number of rotatable bonds is 3. The van der Waals surface area contributed by atoms with E-state index in [1.54, 1.807) is 24.4 Å². The largest absolute Gasteiger partial charge is 0.508 e. The molecule has 0 atom stereocenters. The number of ether oxygens (including phenoxy) is 1. The van der Waals surface area contributed by atoms with Gasteiger partial charge in [0, 0.05) is 23.2 Å². The molecule has 0 aliphatic rings. The van der Waals surface area contributed by atoms with Crippen molar-refractivity contribution in [1.29, 1.82) is 0 Å². The minimum atomic E-state index is 0.206. The summed E-state index contributed by atoms with van der Waals surface area (Å²) in [6.07, 6.45) is 1.78. The summed E-state index contributed by atoms with van der Waals surface area (Å²) >= 11 is 0. The predicted molar refractivity (Wildman–Crippen MR) is 74.2 cm³/mol. The second-order valence-corrected chi connectivity index (χ2v) is 4.27. The van der Waals surface area contributed by atoms with Crippen LogP contribution in [0.3, 0.4) is 0 Å². The summed E-state index contributed by atoms with van der Waals surface area (Å²) < 4.78 is 5.69. The van der Waals surface area contributed by atoms with Gasteiger partial charge in [-0.15, -0.1) is 0 Å². The summed E-state index contributed by atoms with van der Waals surface area (Å²) in [6, 6.07) is 16.7. The van der Waals surface area contributed by atoms with Gasteiger partial charge in [-0.2, -0.15) is 0 Å². The maximum atomic E-state index is 9.39. The molecule has 2 aromatic carbocycles. The summed E-state index contributed by atoms with van der Waals surface area (Å²) in [5.74, 6) is 0.859. The van der Waals surface area contributed by atoms with Crippen LogP contribution < -0.4 is 4.74 Å². The Morgan fingerprint density at radius 1 is 1.00 bits per heavy atom. The van der Waals surface area contributed by atoms with Crippen LogP contribution in [0.25, 0.3) is 10.9 Å². The van der Waals surface area contributed by atoms with E-state index in [-0.39, 0.29) is 5.75 Å². The summed E-state index contributed by atoms with van der Waals surface area (Å²) in [4.78, 5) is 4.32. The molecule has 0 amide bonds. The summed E-state index contributed by atoms with van der Waals surface area (Å²) in [6.45, 7) is 0.451. The monoisotopic (exact) mass is 251 g/mol. The Bertz CT molecular complexity index is 704. The third-order valence-corrected chi connectivity index (χ3v) is 2.95. The average Bonchev–Trinajstić information content (AvgIpc) is 2.45. The van der Waals surface area contributed by atoms with Crippen molar-refractivity contribution in [3.8, 4) is 11.5 Å². The van der Waals surface area contributed by atoms with Crippen LogP contribution in [-0.2, 0) is 6.61 Å². The van der Waals surface area contributed by atoms with Crippen molar-refractivity contribution in [3.05, 3.63) is 66.4 Å². The second-order valence-electron chi connectivity index (χ2n) is 4.27. The third kappa shape index (κ3) is 2.50. The van der Waals surface area contributed by atoms with Gasteiger partial charge < -0.3 is 9.84 Å². The number of phenols is 1. The fraction of sp³-hybridized carbons (Fsp3) is 0.0625. The van der Waals surface area contributed by atoms with E-state index in [9.17, 15) is 5.11 Å². The molecule has 1 N–H and O–H groups in total. The summed E-state index contributed by atoms with van der Waals surface area (Å²) in [5, 5.41) is 10.5. The van der Waals surface area contributed by atoms with Crippen molar-refractivity contribution in [1.82, 2.24) is 4.98 Å². The van der Waals surface area contributed by atoms with Crippen LogP contribution in [0.2, 0.25) is 0 Å². The van der Waals surface area contributed by atoms with Crippen molar-refractivity contribution in [2.24, 2.45) is 0 Å². The highest BCUT2D eigenvalue weighted by Gasteiger charge is 2.02. The fourth-order valence-electron chi connectivity index (χ4n) is 2.02. The molecule has 1 aromatic heterocycles. The topological polar surface area (TPSA) is 42.4 Å². The molecule has 0 spiro atoms. The lowest BCUT2D eigenvalue weighted by molar-refractivity contribution is 0.306. The number of fused-ring (bicyclic) bond motifs is 1. The summed E-state index contributed by atoms with van der Waals surface area (Å²) in [7, 11) is 0. The van der Waals surface area contributed by atoms with E-state index >= 15 is 0 Å². The van der Waals surface area contributed by atoms with Gasteiger partial charge in [-0.25, -0.2) is 0 Å². The molecular formula is C16H13NO2. The van der Waals surface area contributed by atoms with Crippen LogP contribution in [-0.4, -0.2) is 10.1 Å². The molecule has 3 nitrogen and oxygen atoms in total. The number of aromatic nitrogens is 1. The third-order valence-electron chi connectivity index (χ3n) is 2.95. The fourth-order valence-corrected chi connectivity index (χ4v) is 2.02. The van der Waals surface area contributed by atoms with Crippen LogP contribution in [0.5, 0.6) is 11.5 Å². The molecule has 0 aliphatic carbocycles. The molecule has 3 aromatic rings. The Hall–Kier alpha value is -2.55. The van der Waals surface area contributed by atoms with Gasteiger partial charge in [-0.05, 0) is 24.3 Å². The molecule has 0 fully saturated rings. The maximum absolute atomic E-state index is 9.39. The standard InChI is InChI=1S/C16H13NO2/c18-13-4-3-5-14(10-13)19-11-12-8-9-17-16-7-2-1-6-15(12)16/h1-10,18H,11H2. The normalized spacial score (nSPS) is 10.5. The zero-order valence-corrected chi connectivity index (χ0v) is 10.3. The Kier molecular flexibility index (Phi) is 3.02. The Morgan fingerprint density at radius 3 is 2.79 bits per heavy atom. The lowest BCUT2D eigenvalue weighted by Crippen LogP contribution is -1.97. The Balaban J connectivity index is 1.86. The van der Waals surface area contributed by atoms with Gasteiger partial charge in [0.1, 0.15) is 18.1 Å². The van der Waals surface area contributed by atoms with Gasteiger partial charge in [0.2, 0.25) is 0 Å². The Morgan fingerprint density at radius 2 is 1.89 bits per heavy atom.